The van der Waals surface area contributed by atoms with Crippen LogP contribution in [-0.2, 0) is 4.79 Å². The van der Waals surface area contributed by atoms with E-state index in [2.05, 4.69) is 5.32 Å². The quantitative estimate of drug-likeness (QED) is 0.783. The Balaban J connectivity index is 1.91. The number of amides is 1. The number of fused-ring (bicyclic) bond motifs is 1. The first-order valence-electron chi connectivity index (χ1n) is 5.45. The van der Waals surface area contributed by atoms with Gasteiger partial charge >= 0.3 is 0 Å². The van der Waals surface area contributed by atoms with Crippen molar-refractivity contribution >= 4 is 22.2 Å². The van der Waals surface area contributed by atoms with Gasteiger partial charge < -0.3 is 5.32 Å². The van der Waals surface area contributed by atoms with Crippen molar-refractivity contribution in [2.45, 2.75) is 31.3 Å². The highest BCUT2D eigenvalue weighted by atomic mass is 32.1. The molecule has 0 aromatic carbocycles. The van der Waals surface area contributed by atoms with E-state index in [1.807, 2.05) is 22.4 Å². The molecule has 2 fully saturated rings. The van der Waals surface area contributed by atoms with Crippen LogP contribution >= 0.6 is 11.3 Å². The lowest BCUT2D eigenvalue weighted by molar-refractivity contribution is -0.117. The molecule has 1 aromatic heterocycles. The molecule has 3 heterocycles. The van der Waals surface area contributed by atoms with E-state index >= 15 is 0 Å². The largest absolute Gasteiger partial charge is 0.311 e. The van der Waals surface area contributed by atoms with Crippen molar-refractivity contribution in [3.63, 3.8) is 0 Å². The number of nitrogens with one attached hydrogen (secondary N) is 1. The molecular formula is C11H14N2OS. The molecule has 2 saturated heterocycles. The Hall–Kier alpha value is -0.870. The molecule has 1 aromatic rings. The van der Waals surface area contributed by atoms with Crippen molar-refractivity contribution in [2.24, 2.45) is 0 Å². The van der Waals surface area contributed by atoms with Gasteiger partial charge in [0.15, 0.2) is 0 Å². The molecule has 4 heteroatoms. The fraction of sp³-hybridized carbons (Fsp3) is 0.545. The average molecular weight is 222 g/mol. The first kappa shape index (κ1) is 9.36. The van der Waals surface area contributed by atoms with Crippen molar-refractivity contribution in [1.82, 2.24) is 5.32 Å². The standard InChI is InChI=1S/C11H14N2OS/c14-10-7-8-9(3-1-5-12-8)13(10)11-4-2-6-15-11/h2,4,6,8-9,12H,1,3,5,7H2. The minimum Gasteiger partial charge on any atom is -0.311 e. The molecule has 2 atom stereocenters. The van der Waals surface area contributed by atoms with E-state index in [1.165, 1.54) is 6.42 Å². The van der Waals surface area contributed by atoms with E-state index in [4.69, 9.17) is 0 Å². The van der Waals surface area contributed by atoms with E-state index in [0.29, 0.717) is 18.5 Å². The van der Waals surface area contributed by atoms with Crippen molar-refractivity contribution in [2.75, 3.05) is 11.4 Å². The molecule has 0 aliphatic carbocycles. The van der Waals surface area contributed by atoms with Gasteiger partial charge in [0.1, 0.15) is 0 Å². The first-order valence-corrected chi connectivity index (χ1v) is 6.33. The summed E-state index contributed by atoms with van der Waals surface area (Å²) in [5.74, 6) is 0.279. The van der Waals surface area contributed by atoms with Gasteiger partial charge in [0, 0.05) is 12.5 Å². The minimum absolute atomic E-state index is 0.279. The summed E-state index contributed by atoms with van der Waals surface area (Å²) < 4.78 is 0. The van der Waals surface area contributed by atoms with Crippen LogP contribution in [0.3, 0.4) is 0 Å². The third kappa shape index (κ3) is 1.48. The van der Waals surface area contributed by atoms with Gasteiger partial charge in [-0.15, -0.1) is 11.3 Å². The molecule has 0 radical (unpaired) electrons. The average Bonchev–Trinajstić information content (AvgIpc) is 2.82. The van der Waals surface area contributed by atoms with Crippen LogP contribution < -0.4 is 10.2 Å². The molecule has 15 heavy (non-hydrogen) atoms. The lowest BCUT2D eigenvalue weighted by Gasteiger charge is -2.31. The fourth-order valence-electron chi connectivity index (χ4n) is 2.62. The lowest BCUT2D eigenvalue weighted by Crippen LogP contribution is -2.47. The number of anilines is 1. The van der Waals surface area contributed by atoms with E-state index in [9.17, 15) is 4.79 Å². The monoisotopic (exact) mass is 222 g/mol. The van der Waals surface area contributed by atoms with Gasteiger partial charge in [-0.1, -0.05) is 0 Å². The molecule has 2 aliphatic heterocycles. The maximum Gasteiger partial charge on any atom is 0.229 e. The number of piperidine rings is 1. The van der Waals surface area contributed by atoms with Crippen molar-refractivity contribution in [3.8, 4) is 0 Å². The van der Waals surface area contributed by atoms with Crippen molar-refractivity contribution < 1.29 is 4.79 Å². The summed E-state index contributed by atoms with van der Waals surface area (Å²) in [6.45, 7) is 1.06. The number of hydrogen-bond donors (Lipinski definition) is 1. The Bertz CT molecular complexity index is 363. The molecule has 80 valence electrons. The smallest absolute Gasteiger partial charge is 0.229 e. The molecule has 1 N–H and O–H groups in total. The molecule has 0 spiro atoms. The Labute approximate surface area is 93.1 Å². The summed E-state index contributed by atoms with van der Waals surface area (Å²) in [5.41, 5.74) is 0. The Morgan fingerprint density at radius 1 is 1.53 bits per heavy atom. The van der Waals surface area contributed by atoms with E-state index in [-0.39, 0.29) is 5.91 Å². The predicted octanol–water partition coefficient (Wildman–Crippen LogP) is 1.61. The van der Waals surface area contributed by atoms with Gasteiger partial charge in [-0.2, -0.15) is 0 Å². The Morgan fingerprint density at radius 2 is 2.47 bits per heavy atom. The maximum atomic E-state index is 11.9. The highest BCUT2D eigenvalue weighted by Gasteiger charge is 2.41. The van der Waals surface area contributed by atoms with E-state index in [1.54, 1.807) is 11.3 Å². The molecular weight excluding hydrogens is 208 g/mol. The molecule has 1 amide bonds. The van der Waals surface area contributed by atoms with Gasteiger partial charge in [0.2, 0.25) is 5.91 Å². The number of rotatable bonds is 1. The molecule has 2 unspecified atom stereocenters. The van der Waals surface area contributed by atoms with Crippen LogP contribution in [0.15, 0.2) is 17.5 Å². The third-order valence-electron chi connectivity index (χ3n) is 3.29. The maximum absolute atomic E-state index is 11.9. The summed E-state index contributed by atoms with van der Waals surface area (Å²) in [7, 11) is 0. The molecule has 2 aliphatic rings. The zero-order valence-electron chi connectivity index (χ0n) is 8.48. The van der Waals surface area contributed by atoms with Crippen molar-refractivity contribution in [1.29, 1.82) is 0 Å². The summed E-state index contributed by atoms with van der Waals surface area (Å²) in [4.78, 5) is 13.9. The van der Waals surface area contributed by atoms with Gasteiger partial charge in [-0.25, -0.2) is 0 Å². The molecule has 3 rings (SSSR count). The normalized spacial score (nSPS) is 30.7. The van der Waals surface area contributed by atoms with E-state index < -0.39 is 0 Å². The third-order valence-corrected chi connectivity index (χ3v) is 4.15. The Morgan fingerprint density at radius 3 is 3.27 bits per heavy atom. The molecule has 0 bridgehead atoms. The van der Waals surface area contributed by atoms with Gasteiger partial charge in [0.05, 0.1) is 11.0 Å². The summed E-state index contributed by atoms with van der Waals surface area (Å²) in [5, 5.41) is 6.59. The van der Waals surface area contributed by atoms with Gasteiger partial charge in [-0.3, -0.25) is 9.69 Å². The second-order valence-electron chi connectivity index (χ2n) is 4.19. The van der Waals surface area contributed by atoms with Crippen LogP contribution in [0.25, 0.3) is 0 Å². The van der Waals surface area contributed by atoms with Gasteiger partial charge in [0.25, 0.3) is 0 Å². The number of nitrogens with zero attached hydrogens (tertiary/aromatic N) is 1. The summed E-state index contributed by atoms with van der Waals surface area (Å²) in [6, 6.07) is 4.83. The minimum atomic E-state index is 0.279. The first-order chi connectivity index (χ1) is 7.36. The highest BCUT2D eigenvalue weighted by molar-refractivity contribution is 7.14. The van der Waals surface area contributed by atoms with Crippen LogP contribution in [0.1, 0.15) is 19.3 Å². The Kier molecular flexibility index (Phi) is 2.25. The highest BCUT2D eigenvalue weighted by Crippen LogP contribution is 2.33. The van der Waals surface area contributed by atoms with Gasteiger partial charge in [-0.05, 0) is 36.9 Å². The predicted molar refractivity (Wildman–Crippen MR) is 61.2 cm³/mol. The zero-order chi connectivity index (χ0) is 10.3. The van der Waals surface area contributed by atoms with Crippen molar-refractivity contribution in [3.05, 3.63) is 17.5 Å². The molecule has 0 saturated carbocycles. The zero-order valence-corrected chi connectivity index (χ0v) is 9.30. The number of carbonyl (C=O) groups excluding carboxylic acids is 1. The second kappa shape index (κ2) is 3.61. The second-order valence-corrected chi connectivity index (χ2v) is 5.12. The number of hydrogen-bond acceptors (Lipinski definition) is 3. The van der Waals surface area contributed by atoms with E-state index in [0.717, 1.165) is 18.0 Å². The lowest BCUT2D eigenvalue weighted by atomic mass is 10.00. The molecule has 3 nitrogen and oxygen atoms in total. The van der Waals surface area contributed by atoms with Crippen LogP contribution in [-0.4, -0.2) is 24.5 Å². The fourth-order valence-corrected chi connectivity index (χ4v) is 3.42. The van der Waals surface area contributed by atoms with Crippen LogP contribution in [0.4, 0.5) is 5.00 Å². The van der Waals surface area contributed by atoms with Crippen LogP contribution in [0, 0.1) is 0 Å². The summed E-state index contributed by atoms with van der Waals surface area (Å²) in [6.07, 6.45) is 2.99. The van der Waals surface area contributed by atoms with Crippen LogP contribution in [0.2, 0.25) is 0 Å². The SMILES string of the molecule is O=C1CC2NCCCC2N1c1cccs1. The number of thiophene rings is 1. The number of carbonyl (C=O) groups is 1. The topological polar surface area (TPSA) is 32.3 Å². The summed E-state index contributed by atoms with van der Waals surface area (Å²) >= 11 is 1.66. The van der Waals surface area contributed by atoms with Crippen LogP contribution in [0.5, 0.6) is 0 Å².